The molecule has 0 saturated carbocycles. The summed E-state index contributed by atoms with van der Waals surface area (Å²) in [5, 5.41) is 0. The summed E-state index contributed by atoms with van der Waals surface area (Å²) in [7, 11) is 0. The number of hydrogen-bond donors (Lipinski definition) is 0. The molecule has 0 unspecified atom stereocenters. The van der Waals surface area contributed by atoms with Gasteiger partial charge in [-0.05, 0) is 20.1 Å². The first-order valence-corrected chi connectivity index (χ1v) is 2.98. The second-order valence-electron chi connectivity index (χ2n) is 1.54. The molecule has 0 rings (SSSR count). The maximum absolute atomic E-state index is 4.03. The van der Waals surface area contributed by atoms with Crippen LogP contribution in [0.1, 0.15) is 20.3 Å². The summed E-state index contributed by atoms with van der Waals surface area (Å²) in [6.45, 7) is 7.24. The molecule has 0 radical (unpaired) electrons. The molecule has 0 aliphatic carbocycles. The molecule has 0 amide bonds. The van der Waals surface area contributed by atoms with E-state index in [0.717, 1.165) is 12.1 Å². The topological polar surface area (TPSA) is 24.7 Å². The third-order valence-corrected chi connectivity index (χ3v) is 0.897. The molecule has 0 heterocycles. The van der Waals surface area contributed by atoms with Crippen LogP contribution in [0.4, 0.5) is 0 Å². The maximum atomic E-state index is 4.03. The van der Waals surface area contributed by atoms with Crippen LogP contribution >= 0.6 is 0 Å². The average molecular weight is 124 g/mol. The lowest BCUT2D eigenvalue weighted by atomic mass is 10.4. The van der Waals surface area contributed by atoms with E-state index in [1.807, 2.05) is 13.8 Å². The van der Waals surface area contributed by atoms with E-state index >= 15 is 0 Å². The summed E-state index contributed by atoms with van der Waals surface area (Å²) in [5.41, 5.74) is 0.965. The van der Waals surface area contributed by atoms with Crippen LogP contribution in [0.25, 0.3) is 0 Å². The highest BCUT2D eigenvalue weighted by atomic mass is 14.8. The fourth-order valence-corrected chi connectivity index (χ4v) is 0.487. The van der Waals surface area contributed by atoms with Crippen LogP contribution < -0.4 is 0 Å². The van der Waals surface area contributed by atoms with Gasteiger partial charge >= 0.3 is 0 Å². The van der Waals surface area contributed by atoms with E-state index in [4.69, 9.17) is 0 Å². The minimum atomic E-state index is 0.906. The minimum Gasteiger partial charge on any atom is -0.271 e. The first-order chi connectivity index (χ1) is 4.35. The van der Waals surface area contributed by atoms with Gasteiger partial charge in [-0.3, -0.25) is 9.98 Å². The van der Waals surface area contributed by atoms with Gasteiger partial charge in [0.1, 0.15) is 0 Å². The zero-order valence-corrected chi connectivity index (χ0v) is 5.96. The Kier molecular flexibility index (Phi) is 4.69. The van der Waals surface area contributed by atoms with Gasteiger partial charge in [0.05, 0.1) is 5.70 Å². The molecule has 2 nitrogen and oxygen atoms in total. The highest BCUT2D eigenvalue weighted by Gasteiger charge is 1.83. The molecule has 0 aromatic rings. The Labute approximate surface area is 56.0 Å². The Hall–Kier alpha value is -0.920. The molecule has 2 heteroatoms. The Morgan fingerprint density at radius 3 is 2.67 bits per heavy atom. The number of allylic oxidation sites excluding steroid dienone is 1. The summed E-state index contributed by atoms with van der Waals surface area (Å²) in [4.78, 5) is 7.63. The molecule has 0 saturated heterocycles. The summed E-state index contributed by atoms with van der Waals surface area (Å²) < 4.78 is 0. The van der Waals surface area contributed by atoms with Crippen LogP contribution in [0, 0.1) is 0 Å². The van der Waals surface area contributed by atoms with Crippen LogP contribution in [-0.4, -0.2) is 12.9 Å². The second kappa shape index (κ2) is 5.22. The lowest BCUT2D eigenvalue weighted by Gasteiger charge is -1.89. The molecule has 0 aliphatic heterocycles. The summed E-state index contributed by atoms with van der Waals surface area (Å²) in [6.07, 6.45) is 4.32. The van der Waals surface area contributed by atoms with Crippen LogP contribution in [0.3, 0.4) is 0 Å². The van der Waals surface area contributed by atoms with Gasteiger partial charge in [0, 0.05) is 12.4 Å². The fourth-order valence-electron chi connectivity index (χ4n) is 0.487. The van der Waals surface area contributed by atoms with Crippen molar-refractivity contribution in [3.05, 3.63) is 11.9 Å². The van der Waals surface area contributed by atoms with E-state index in [9.17, 15) is 0 Å². The predicted molar refractivity (Wildman–Crippen MR) is 42.1 cm³/mol. The van der Waals surface area contributed by atoms with Crippen molar-refractivity contribution in [3.8, 4) is 0 Å². The van der Waals surface area contributed by atoms with Crippen molar-refractivity contribution >= 4 is 12.9 Å². The molecule has 0 fully saturated rings. The number of hydrogen-bond acceptors (Lipinski definition) is 2. The second-order valence-corrected chi connectivity index (χ2v) is 1.54. The van der Waals surface area contributed by atoms with Crippen molar-refractivity contribution in [2.45, 2.75) is 20.3 Å². The van der Waals surface area contributed by atoms with Gasteiger partial charge in [0.25, 0.3) is 0 Å². The zero-order valence-electron chi connectivity index (χ0n) is 5.96. The summed E-state index contributed by atoms with van der Waals surface area (Å²) in [5.74, 6) is 0. The van der Waals surface area contributed by atoms with E-state index in [1.54, 1.807) is 12.4 Å². The van der Waals surface area contributed by atoms with Crippen molar-refractivity contribution in [1.29, 1.82) is 0 Å². The minimum absolute atomic E-state index is 0.906. The highest BCUT2D eigenvalue weighted by Crippen LogP contribution is 2.00. The van der Waals surface area contributed by atoms with E-state index in [-0.39, 0.29) is 0 Å². The maximum Gasteiger partial charge on any atom is 0.0578 e. The van der Waals surface area contributed by atoms with Crippen LogP contribution in [0.2, 0.25) is 0 Å². The van der Waals surface area contributed by atoms with Crippen LogP contribution in [0.5, 0.6) is 0 Å². The molecule has 0 aromatic heterocycles. The quantitative estimate of drug-likeness (QED) is 0.514. The summed E-state index contributed by atoms with van der Waals surface area (Å²) in [6, 6.07) is 0. The van der Waals surface area contributed by atoms with Gasteiger partial charge in [-0.1, -0.05) is 6.92 Å². The van der Waals surface area contributed by atoms with Gasteiger partial charge in [-0.25, -0.2) is 0 Å². The lowest BCUT2D eigenvalue weighted by Crippen LogP contribution is -1.73. The molecule has 0 bridgehead atoms. The molecule has 0 aliphatic rings. The monoisotopic (exact) mass is 124 g/mol. The Bertz CT molecular complexity index is 134. The molecular formula is C7H12N2. The van der Waals surface area contributed by atoms with E-state index in [2.05, 4.69) is 16.7 Å². The molecule has 0 spiro atoms. The first-order valence-electron chi connectivity index (χ1n) is 2.98. The molecule has 9 heavy (non-hydrogen) atoms. The van der Waals surface area contributed by atoms with Crippen molar-refractivity contribution < 1.29 is 0 Å². The highest BCUT2D eigenvalue weighted by molar-refractivity contribution is 5.55. The SMILES string of the molecule is C=N/C=C(/CC)N=CC. The standard InChI is InChI=1S/C7H12N2/c1-4-7(6-8-3)9-5-2/h5-6H,3-4H2,1-2H3/b7-6-,9-5?. The van der Waals surface area contributed by atoms with E-state index in [1.165, 1.54) is 0 Å². The Morgan fingerprint density at radius 1 is 1.67 bits per heavy atom. The smallest absolute Gasteiger partial charge is 0.0578 e. The molecule has 0 N–H and O–H groups in total. The Balaban J connectivity index is 3.96. The van der Waals surface area contributed by atoms with Gasteiger partial charge in [0.2, 0.25) is 0 Å². The van der Waals surface area contributed by atoms with Crippen molar-refractivity contribution in [2.75, 3.05) is 0 Å². The predicted octanol–water partition coefficient (Wildman–Crippen LogP) is 2.03. The largest absolute Gasteiger partial charge is 0.271 e. The van der Waals surface area contributed by atoms with Crippen LogP contribution in [0.15, 0.2) is 21.9 Å². The van der Waals surface area contributed by atoms with Gasteiger partial charge < -0.3 is 0 Å². The average Bonchev–Trinajstić information content (AvgIpc) is 1.88. The molecular weight excluding hydrogens is 112 g/mol. The van der Waals surface area contributed by atoms with E-state index in [0.29, 0.717) is 0 Å². The zero-order chi connectivity index (χ0) is 7.11. The van der Waals surface area contributed by atoms with Gasteiger partial charge in [0.15, 0.2) is 0 Å². The number of aliphatic imine (C=N–C) groups is 2. The van der Waals surface area contributed by atoms with Crippen LogP contribution in [-0.2, 0) is 0 Å². The van der Waals surface area contributed by atoms with Gasteiger partial charge in [-0.15, -0.1) is 0 Å². The van der Waals surface area contributed by atoms with E-state index < -0.39 is 0 Å². The number of rotatable bonds is 3. The normalized spacial score (nSPS) is 12.4. The molecule has 0 aromatic carbocycles. The molecule has 50 valence electrons. The Morgan fingerprint density at radius 2 is 2.33 bits per heavy atom. The van der Waals surface area contributed by atoms with Gasteiger partial charge in [-0.2, -0.15) is 0 Å². The summed E-state index contributed by atoms with van der Waals surface area (Å²) >= 11 is 0. The lowest BCUT2D eigenvalue weighted by molar-refractivity contribution is 1.06. The van der Waals surface area contributed by atoms with Crippen molar-refractivity contribution in [2.24, 2.45) is 9.98 Å². The van der Waals surface area contributed by atoms with Crippen molar-refractivity contribution in [3.63, 3.8) is 0 Å². The third kappa shape index (κ3) is 3.64. The third-order valence-electron chi connectivity index (χ3n) is 0.897. The fraction of sp³-hybridized carbons (Fsp3) is 0.429. The van der Waals surface area contributed by atoms with Crippen molar-refractivity contribution in [1.82, 2.24) is 0 Å². The molecule has 0 atom stereocenters. The first kappa shape index (κ1) is 8.08. The number of nitrogens with zero attached hydrogens (tertiary/aromatic N) is 2.